The van der Waals surface area contributed by atoms with E-state index in [4.69, 9.17) is 16.3 Å². The molecular formula is C22H25ClN6O. The van der Waals surface area contributed by atoms with Gasteiger partial charge in [0, 0.05) is 13.1 Å². The van der Waals surface area contributed by atoms with Crippen molar-refractivity contribution in [2.75, 3.05) is 24.6 Å². The zero-order valence-electron chi connectivity index (χ0n) is 16.8. The molecule has 8 heteroatoms. The molecule has 1 aliphatic heterocycles. The molecule has 0 bridgehead atoms. The number of piperidine rings is 1. The van der Waals surface area contributed by atoms with E-state index in [1.165, 1.54) is 25.6 Å². The standard InChI is InChI=1S/C22H25ClN6O/c23-18-12-25-22(26-13-18)28-8-5-16(6-9-28)21-11-17(21)7-10-30-20-3-1-19(2-4-20)29-15-24-14-27-29/h1-4,12-17,21H,5-11H2/t17-,21+/m0/s1. The average molecular weight is 425 g/mol. The summed E-state index contributed by atoms with van der Waals surface area (Å²) in [6.07, 6.45) is 11.5. The summed E-state index contributed by atoms with van der Waals surface area (Å²) in [5, 5.41) is 4.72. The number of nitrogens with zero attached hydrogens (tertiary/aromatic N) is 6. The second-order valence-corrected chi connectivity index (χ2v) is 8.59. The van der Waals surface area contributed by atoms with Crippen molar-refractivity contribution in [3.8, 4) is 11.4 Å². The molecule has 156 valence electrons. The summed E-state index contributed by atoms with van der Waals surface area (Å²) in [6, 6.07) is 8.00. The summed E-state index contributed by atoms with van der Waals surface area (Å²) >= 11 is 5.89. The average Bonchev–Trinajstić information content (AvgIpc) is 3.34. The number of anilines is 1. The van der Waals surface area contributed by atoms with Crippen LogP contribution in [0.4, 0.5) is 5.95 Å². The molecule has 0 N–H and O–H groups in total. The molecule has 1 aliphatic carbocycles. The summed E-state index contributed by atoms with van der Waals surface area (Å²) in [5.41, 5.74) is 0.984. The van der Waals surface area contributed by atoms with Crippen LogP contribution in [0.15, 0.2) is 49.3 Å². The number of benzene rings is 1. The molecule has 0 spiro atoms. The van der Waals surface area contributed by atoms with Crippen LogP contribution in [0, 0.1) is 17.8 Å². The number of halogens is 1. The van der Waals surface area contributed by atoms with Gasteiger partial charge in [0.1, 0.15) is 18.4 Å². The smallest absolute Gasteiger partial charge is 0.225 e. The van der Waals surface area contributed by atoms with Crippen molar-refractivity contribution in [1.82, 2.24) is 24.7 Å². The van der Waals surface area contributed by atoms with Gasteiger partial charge in [-0.1, -0.05) is 11.6 Å². The predicted molar refractivity (Wildman–Crippen MR) is 115 cm³/mol. The first-order chi connectivity index (χ1) is 14.8. The third-order valence-corrected chi connectivity index (χ3v) is 6.48. The van der Waals surface area contributed by atoms with Crippen LogP contribution in [0.5, 0.6) is 5.75 Å². The minimum atomic E-state index is 0.586. The highest BCUT2D eigenvalue weighted by Crippen LogP contribution is 2.49. The highest BCUT2D eigenvalue weighted by atomic mass is 35.5. The largest absolute Gasteiger partial charge is 0.494 e. The molecule has 2 atom stereocenters. The minimum absolute atomic E-state index is 0.586. The molecule has 1 aromatic carbocycles. The van der Waals surface area contributed by atoms with Gasteiger partial charge in [0.2, 0.25) is 5.95 Å². The van der Waals surface area contributed by atoms with E-state index in [-0.39, 0.29) is 0 Å². The van der Waals surface area contributed by atoms with Crippen LogP contribution >= 0.6 is 11.6 Å². The lowest BCUT2D eigenvalue weighted by Crippen LogP contribution is -2.35. The van der Waals surface area contributed by atoms with Crippen molar-refractivity contribution in [3.63, 3.8) is 0 Å². The number of hydrogen-bond acceptors (Lipinski definition) is 6. The third kappa shape index (κ3) is 4.41. The zero-order chi connectivity index (χ0) is 20.3. The Morgan fingerprint density at radius 2 is 1.83 bits per heavy atom. The van der Waals surface area contributed by atoms with Gasteiger partial charge < -0.3 is 9.64 Å². The molecule has 1 saturated carbocycles. The SMILES string of the molecule is Clc1cnc(N2CCC([C@H]3C[C@@H]3CCOc3ccc(-n4cncn4)cc3)CC2)nc1. The maximum Gasteiger partial charge on any atom is 0.225 e. The molecule has 0 unspecified atom stereocenters. The van der Waals surface area contributed by atoms with Crippen LogP contribution in [0.1, 0.15) is 25.7 Å². The highest BCUT2D eigenvalue weighted by Gasteiger charge is 2.43. The van der Waals surface area contributed by atoms with Crippen molar-refractivity contribution in [3.05, 3.63) is 54.3 Å². The Morgan fingerprint density at radius 3 is 2.53 bits per heavy atom. The van der Waals surface area contributed by atoms with E-state index >= 15 is 0 Å². The predicted octanol–water partition coefficient (Wildman–Crippen LogP) is 4.03. The van der Waals surface area contributed by atoms with Crippen molar-refractivity contribution in [2.45, 2.75) is 25.7 Å². The third-order valence-electron chi connectivity index (χ3n) is 6.29. The summed E-state index contributed by atoms with van der Waals surface area (Å²) in [4.78, 5) is 14.9. The van der Waals surface area contributed by atoms with Crippen LogP contribution in [0.2, 0.25) is 5.02 Å². The normalized spacial score (nSPS) is 21.6. The van der Waals surface area contributed by atoms with E-state index in [1.807, 2.05) is 24.3 Å². The van der Waals surface area contributed by atoms with E-state index in [9.17, 15) is 0 Å². The van der Waals surface area contributed by atoms with Gasteiger partial charge in [0.25, 0.3) is 0 Å². The van der Waals surface area contributed by atoms with Gasteiger partial charge >= 0.3 is 0 Å². The van der Waals surface area contributed by atoms with Crippen molar-refractivity contribution >= 4 is 17.5 Å². The fraction of sp³-hybridized carbons (Fsp3) is 0.455. The molecule has 30 heavy (non-hydrogen) atoms. The summed E-state index contributed by atoms with van der Waals surface area (Å²) in [5.74, 6) is 4.20. The molecule has 0 radical (unpaired) electrons. The molecule has 3 heterocycles. The molecule has 2 aromatic heterocycles. The summed E-state index contributed by atoms with van der Waals surface area (Å²) in [6.45, 7) is 2.84. The first kappa shape index (κ1) is 19.3. The molecule has 2 fully saturated rings. The van der Waals surface area contributed by atoms with E-state index < -0.39 is 0 Å². The molecule has 3 aromatic rings. The van der Waals surface area contributed by atoms with Gasteiger partial charge in [-0.25, -0.2) is 19.6 Å². The van der Waals surface area contributed by atoms with Crippen LogP contribution < -0.4 is 9.64 Å². The van der Waals surface area contributed by atoms with Gasteiger partial charge in [0.05, 0.1) is 29.7 Å². The first-order valence-corrected chi connectivity index (χ1v) is 10.9. The van der Waals surface area contributed by atoms with Crippen LogP contribution in [-0.2, 0) is 0 Å². The molecule has 2 aliphatic rings. The Labute approximate surface area is 181 Å². The highest BCUT2D eigenvalue weighted by molar-refractivity contribution is 6.30. The lowest BCUT2D eigenvalue weighted by Gasteiger charge is -2.32. The second-order valence-electron chi connectivity index (χ2n) is 8.16. The lowest BCUT2D eigenvalue weighted by molar-refractivity contribution is 0.284. The van der Waals surface area contributed by atoms with E-state index in [2.05, 4.69) is 25.0 Å². The number of hydrogen-bond donors (Lipinski definition) is 0. The summed E-state index contributed by atoms with van der Waals surface area (Å²) < 4.78 is 7.71. The number of aromatic nitrogens is 5. The van der Waals surface area contributed by atoms with Crippen LogP contribution in [-0.4, -0.2) is 44.4 Å². The number of ether oxygens (including phenoxy) is 1. The summed E-state index contributed by atoms with van der Waals surface area (Å²) in [7, 11) is 0. The van der Waals surface area contributed by atoms with Gasteiger partial charge in [0.15, 0.2) is 0 Å². The van der Waals surface area contributed by atoms with Crippen molar-refractivity contribution in [2.24, 2.45) is 17.8 Å². The van der Waals surface area contributed by atoms with E-state index in [0.29, 0.717) is 5.02 Å². The second kappa shape index (κ2) is 8.60. The molecular weight excluding hydrogens is 400 g/mol. The Hall–Kier alpha value is -2.67. The monoisotopic (exact) mass is 424 g/mol. The topological polar surface area (TPSA) is 69.0 Å². The fourth-order valence-electron chi connectivity index (χ4n) is 4.54. The Morgan fingerprint density at radius 1 is 1.07 bits per heavy atom. The molecule has 0 amide bonds. The Bertz CT molecular complexity index is 939. The Balaban J connectivity index is 1.03. The Kier molecular flexibility index (Phi) is 5.53. The lowest BCUT2D eigenvalue weighted by atomic mass is 9.90. The molecule has 7 nitrogen and oxygen atoms in total. The van der Waals surface area contributed by atoms with E-state index in [1.54, 1.807) is 23.4 Å². The van der Waals surface area contributed by atoms with E-state index in [0.717, 1.165) is 61.3 Å². The maximum atomic E-state index is 5.97. The first-order valence-electron chi connectivity index (χ1n) is 10.6. The fourth-order valence-corrected chi connectivity index (χ4v) is 4.64. The molecule has 5 rings (SSSR count). The maximum absolute atomic E-state index is 5.97. The zero-order valence-corrected chi connectivity index (χ0v) is 17.5. The van der Waals surface area contributed by atoms with Gasteiger partial charge in [-0.15, -0.1) is 0 Å². The number of rotatable bonds is 7. The van der Waals surface area contributed by atoms with Crippen molar-refractivity contribution in [1.29, 1.82) is 0 Å². The van der Waals surface area contributed by atoms with Gasteiger partial charge in [-0.2, -0.15) is 5.10 Å². The molecule has 1 saturated heterocycles. The quantitative estimate of drug-likeness (QED) is 0.570. The minimum Gasteiger partial charge on any atom is -0.494 e. The van der Waals surface area contributed by atoms with Crippen LogP contribution in [0.3, 0.4) is 0 Å². The van der Waals surface area contributed by atoms with Crippen molar-refractivity contribution < 1.29 is 4.74 Å². The van der Waals surface area contributed by atoms with Gasteiger partial charge in [-0.3, -0.25) is 0 Å². The van der Waals surface area contributed by atoms with Crippen LogP contribution in [0.25, 0.3) is 5.69 Å². The van der Waals surface area contributed by atoms with Gasteiger partial charge in [-0.05, 0) is 67.7 Å².